The molecule has 0 radical (unpaired) electrons. The molecule has 0 amide bonds. The van der Waals surface area contributed by atoms with Gasteiger partial charge in [0.2, 0.25) is 0 Å². The Bertz CT molecular complexity index is 315. The fourth-order valence-corrected chi connectivity index (χ4v) is 1.92. The summed E-state index contributed by atoms with van der Waals surface area (Å²) in [6, 6.07) is 0. The number of aliphatic carboxylic acids is 1. The summed E-state index contributed by atoms with van der Waals surface area (Å²) in [6.45, 7) is 0.616. The van der Waals surface area contributed by atoms with Gasteiger partial charge in [-0.25, -0.2) is 9.18 Å². The summed E-state index contributed by atoms with van der Waals surface area (Å²) in [5.74, 6) is -6.38. The van der Waals surface area contributed by atoms with E-state index in [2.05, 4.69) is 4.74 Å². The number of hydrogen-bond donors (Lipinski definition) is 4. The third-order valence-electron chi connectivity index (χ3n) is 3.06. The third kappa shape index (κ3) is 2.61. The van der Waals surface area contributed by atoms with E-state index in [9.17, 15) is 23.8 Å². The van der Waals surface area contributed by atoms with Gasteiger partial charge in [-0.3, -0.25) is 0 Å². The number of carboxylic acid groups (broad SMARTS) is 1. The molecule has 0 saturated carbocycles. The van der Waals surface area contributed by atoms with Gasteiger partial charge >= 0.3 is 11.8 Å². The number of hydrogen-bond acceptors (Lipinski definition) is 5. The summed E-state index contributed by atoms with van der Waals surface area (Å²) in [5, 5.41) is 36.1. The van der Waals surface area contributed by atoms with E-state index in [1.54, 1.807) is 0 Å². The van der Waals surface area contributed by atoms with E-state index in [-0.39, 0.29) is 0 Å². The number of ether oxygens (including phenoxy) is 1. The van der Waals surface area contributed by atoms with Crippen LogP contribution in [0, 0.1) is 5.92 Å². The predicted octanol–water partition coefficient (Wildman–Crippen LogP) is -0.786. The van der Waals surface area contributed by atoms with Crippen molar-refractivity contribution in [1.82, 2.24) is 0 Å². The summed E-state index contributed by atoms with van der Waals surface area (Å²) < 4.78 is 31.6. The highest BCUT2D eigenvalue weighted by molar-refractivity contribution is 5.76. The maximum atomic E-state index is 13.8. The zero-order valence-electron chi connectivity index (χ0n) is 9.66. The molecule has 1 fully saturated rings. The van der Waals surface area contributed by atoms with Crippen LogP contribution in [0.2, 0.25) is 0 Å². The molecule has 0 aromatic rings. The van der Waals surface area contributed by atoms with Gasteiger partial charge < -0.3 is 25.2 Å². The van der Waals surface area contributed by atoms with Crippen molar-refractivity contribution in [2.45, 2.75) is 43.7 Å². The Kier molecular flexibility index (Phi) is 4.60. The van der Waals surface area contributed by atoms with Gasteiger partial charge in [0, 0.05) is 0 Å². The van der Waals surface area contributed by atoms with Gasteiger partial charge in [0.05, 0.1) is 12.7 Å². The topological polar surface area (TPSA) is 107 Å². The zero-order valence-corrected chi connectivity index (χ0v) is 9.66. The van der Waals surface area contributed by atoms with E-state index >= 15 is 0 Å². The van der Waals surface area contributed by atoms with Crippen molar-refractivity contribution in [2.75, 3.05) is 6.61 Å². The largest absolute Gasteiger partial charge is 0.477 e. The molecule has 106 valence electrons. The SMILES string of the molecule is CC1CC(F)C(F)(C(=O)O)OC1C(O)C(O)CO. The number of halogens is 2. The molecule has 0 bridgehead atoms. The van der Waals surface area contributed by atoms with Crippen molar-refractivity contribution in [3.05, 3.63) is 0 Å². The van der Waals surface area contributed by atoms with E-state index in [0.717, 1.165) is 0 Å². The molecule has 0 aliphatic carbocycles. The molecule has 6 nitrogen and oxygen atoms in total. The smallest absolute Gasteiger partial charge is 0.372 e. The van der Waals surface area contributed by atoms with Crippen LogP contribution in [0.1, 0.15) is 13.3 Å². The zero-order chi connectivity index (χ0) is 14.1. The van der Waals surface area contributed by atoms with Gasteiger partial charge in [0.25, 0.3) is 0 Å². The van der Waals surface area contributed by atoms with Crippen molar-refractivity contribution >= 4 is 5.97 Å². The second kappa shape index (κ2) is 5.43. The summed E-state index contributed by atoms with van der Waals surface area (Å²) in [6.07, 6.45) is -7.57. The average Bonchev–Trinajstić information content (AvgIpc) is 2.31. The highest BCUT2D eigenvalue weighted by atomic mass is 19.2. The first kappa shape index (κ1) is 15.2. The number of carboxylic acids is 1. The van der Waals surface area contributed by atoms with Crippen molar-refractivity contribution in [3.8, 4) is 0 Å². The fourth-order valence-electron chi connectivity index (χ4n) is 1.92. The molecule has 1 saturated heterocycles. The summed E-state index contributed by atoms with van der Waals surface area (Å²) >= 11 is 0. The maximum absolute atomic E-state index is 13.8. The molecule has 18 heavy (non-hydrogen) atoms. The van der Waals surface area contributed by atoms with Gasteiger partial charge in [-0.15, -0.1) is 0 Å². The Morgan fingerprint density at radius 2 is 2.11 bits per heavy atom. The molecule has 6 atom stereocenters. The second-order valence-corrected chi connectivity index (χ2v) is 4.45. The first-order chi connectivity index (χ1) is 8.24. The van der Waals surface area contributed by atoms with Gasteiger partial charge in [0.1, 0.15) is 12.2 Å². The molecule has 1 rings (SSSR count). The monoisotopic (exact) mass is 270 g/mol. The second-order valence-electron chi connectivity index (χ2n) is 4.45. The van der Waals surface area contributed by atoms with Crippen LogP contribution < -0.4 is 0 Å². The van der Waals surface area contributed by atoms with Crippen molar-refractivity contribution < 1.29 is 38.7 Å². The molecule has 4 N–H and O–H groups in total. The number of rotatable bonds is 4. The first-order valence-corrected chi connectivity index (χ1v) is 5.45. The lowest BCUT2D eigenvalue weighted by Gasteiger charge is -2.41. The number of alkyl halides is 2. The van der Waals surface area contributed by atoms with E-state index in [1.165, 1.54) is 6.92 Å². The first-order valence-electron chi connectivity index (χ1n) is 5.45. The number of carbonyl (C=O) groups is 1. The lowest BCUT2D eigenvalue weighted by molar-refractivity contribution is -0.278. The Morgan fingerprint density at radius 3 is 2.56 bits per heavy atom. The Hall–Kier alpha value is -0.830. The highest BCUT2D eigenvalue weighted by Crippen LogP contribution is 2.38. The summed E-state index contributed by atoms with van der Waals surface area (Å²) in [5.41, 5.74) is 0. The average molecular weight is 270 g/mol. The van der Waals surface area contributed by atoms with Crippen molar-refractivity contribution in [2.24, 2.45) is 5.92 Å². The van der Waals surface area contributed by atoms with Crippen LogP contribution in [-0.2, 0) is 9.53 Å². The lowest BCUT2D eigenvalue weighted by atomic mass is 9.86. The van der Waals surface area contributed by atoms with Crippen LogP contribution in [-0.4, -0.2) is 63.3 Å². The molecule has 1 heterocycles. The molecule has 1 aliphatic rings. The van der Waals surface area contributed by atoms with Gasteiger partial charge in [-0.2, -0.15) is 4.39 Å². The normalized spacial score (nSPS) is 40.2. The van der Waals surface area contributed by atoms with Crippen LogP contribution >= 0.6 is 0 Å². The molecule has 8 heteroatoms. The van der Waals surface area contributed by atoms with Crippen molar-refractivity contribution in [1.29, 1.82) is 0 Å². The maximum Gasteiger partial charge on any atom is 0.372 e. The molecular formula is C10H16F2O6. The molecule has 0 aromatic carbocycles. The van der Waals surface area contributed by atoms with E-state index in [1.807, 2.05) is 0 Å². The van der Waals surface area contributed by atoms with E-state index in [0.29, 0.717) is 0 Å². The standard InChI is InChI=1S/C10H16F2O6/c1-4-2-6(11)10(12,9(16)17)18-8(4)7(15)5(14)3-13/h4-8,13-15H,2-3H2,1H3,(H,16,17). The van der Waals surface area contributed by atoms with E-state index < -0.39 is 55.3 Å². The molecule has 0 aromatic heterocycles. The van der Waals surface area contributed by atoms with E-state index in [4.69, 9.17) is 10.2 Å². The Morgan fingerprint density at radius 1 is 1.56 bits per heavy atom. The lowest BCUT2D eigenvalue weighted by Crippen LogP contribution is -2.59. The molecule has 0 spiro atoms. The van der Waals surface area contributed by atoms with Crippen LogP contribution in [0.5, 0.6) is 0 Å². The van der Waals surface area contributed by atoms with Gasteiger partial charge in [-0.1, -0.05) is 6.92 Å². The molecule has 1 aliphatic heterocycles. The highest BCUT2D eigenvalue weighted by Gasteiger charge is 2.57. The van der Waals surface area contributed by atoms with Crippen LogP contribution in [0.4, 0.5) is 8.78 Å². The molecule has 6 unspecified atom stereocenters. The quantitative estimate of drug-likeness (QED) is 0.533. The van der Waals surface area contributed by atoms with Gasteiger partial charge in [-0.05, 0) is 12.3 Å². The minimum absolute atomic E-state index is 0.470. The Labute approximate surface area is 102 Å². The number of aliphatic hydroxyl groups excluding tert-OH is 3. The van der Waals surface area contributed by atoms with Crippen LogP contribution in [0.25, 0.3) is 0 Å². The molecular weight excluding hydrogens is 254 g/mol. The predicted molar refractivity (Wildman–Crippen MR) is 54.1 cm³/mol. The minimum atomic E-state index is -3.55. The summed E-state index contributed by atoms with van der Waals surface area (Å²) in [7, 11) is 0. The fraction of sp³-hybridized carbons (Fsp3) is 0.900. The minimum Gasteiger partial charge on any atom is -0.477 e. The van der Waals surface area contributed by atoms with Crippen LogP contribution in [0.3, 0.4) is 0 Å². The third-order valence-corrected chi connectivity index (χ3v) is 3.06. The van der Waals surface area contributed by atoms with Crippen LogP contribution in [0.15, 0.2) is 0 Å². The number of aliphatic hydroxyl groups is 3. The summed E-state index contributed by atoms with van der Waals surface area (Å²) in [4.78, 5) is 10.7. The Balaban J connectivity index is 2.90. The van der Waals surface area contributed by atoms with Crippen molar-refractivity contribution in [3.63, 3.8) is 0 Å². The van der Waals surface area contributed by atoms with Gasteiger partial charge in [0.15, 0.2) is 6.17 Å².